The van der Waals surface area contributed by atoms with Crippen molar-refractivity contribution in [1.82, 2.24) is 10.3 Å². The predicted molar refractivity (Wildman–Crippen MR) is 64.9 cm³/mol. The van der Waals surface area contributed by atoms with Gasteiger partial charge in [0, 0.05) is 25.5 Å². The van der Waals surface area contributed by atoms with Crippen molar-refractivity contribution in [3.63, 3.8) is 0 Å². The first-order chi connectivity index (χ1) is 8.13. The first-order valence-corrected chi connectivity index (χ1v) is 5.77. The molecular weight excluding hydrogens is 218 g/mol. The van der Waals surface area contributed by atoms with E-state index < -0.39 is 5.60 Å². The maximum absolute atomic E-state index is 11.4. The van der Waals surface area contributed by atoms with Gasteiger partial charge < -0.3 is 15.7 Å². The molecule has 1 saturated carbocycles. The Labute approximate surface area is 100 Å². The quantitative estimate of drug-likeness (QED) is 0.720. The molecule has 1 heterocycles. The monoisotopic (exact) mass is 235 g/mol. The third kappa shape index (κ3) is 2.74. The number of nitrogens with one attached hydrogen (secondary N) is 2. The minimum absolute atomic E-state index is 0.212. The van der Waals surface area contributed by atoms with Gasteiger partial charge in [-0.3, -0.25) is 9.78 Å². The van der Waals surface area contributed by atoms with Gasteiger partial charge >= 0.3 is 0 Å². The summed E-state index contributed by atoms with van der Waals surface area (Å²) in [5, 5.41) is 15.6. The Morgan fingerprint density at radius 2 is 2.35 bits per heavy atom. The molecule has 1 aliphatic rings. The number of carbonyl (C=O) groups excluding carboxylic acids is 1. The molecule has 0 spiro atoms. The number of anilines is 1. The van der Waals surface area contributed by atoms with Gasteiger partial charge in [-0.1, -0.05) is 0 Å². The van der Waals surface area contributed by atoms with Gasteiger partial charge in [0.05, 0.1) is 5.60 Å². The minimum Gasteiger partial charge on any atom is -0.388 e. The Kier molecular flexibility index (Phi) is 3.28. The summed E-state index contributed by atoms with van der Waals surface area (Å²) in [6.45, 7) is 0.518. The zero-order valence-corrected chi connectivity index (χ0v) is 9.86. The summed E-state index contributed by atoms with van der Waals surface area (Å²) in [7, 11) is 1.57. The van der Waals surface area contributed by atoms with Crippen LogP contribution in [0.15, 0.2) is 18.3 Å². The fraction of sp³-hybridized carbons (Fsp3) is 0.500. The largest absolute Gasteiger partial charge is 0.388 e. The number of carbonyl (C=O) groups is 1. The predicted octanol–water partition coefficient (Wildman–Crippen LogP) is 0.768. The first-order valence-electron chi connectivity index (χ1n) is 5.77. The second-order valence-electron chi connectivity index (χ2n) is 4.44. The van der Waals surface area contributed by atoms with Crippen molar-refractivity contribution in [1.29, 1.82) is 0 Å². The van der Waals surface area contributed by atoms with E-state index in [4.69, 9.17) is 0 Å². The molecule has 3 N–H and O–H groups in total. The molecule has 1 amide bonds. The standard InChI is InChI=1S/C12H17N3O2/c1-13-11(16)10-7-9(3-6-14-10)15-8-12(17)4-2-5-12/h3,6-7,17H,2,4-5,8H2,1H3,(H,13,16)(H,14,15). The number of aromatic nitrogens is 1. The van der Waals surface area contributed by atoms with Crippen molar-refractivity contribution in [3.8, 4) is 0 Å². The Morgan fingerprint density at radius 3 is 2.94 bits per heavy atom. The van der Waals surface area contributed by atoms with Gasteiger partial charge in [-0.25, -0.2) is 0 Å². The highest BCUT2D eigenvalue weighted by molar-refractivity contribution is 5.92. The second-order valence-corrected chi connectivity index (χ2v) is 4.44. The molecule has 1 fully saturated rings. The van der Waals surface area contributed by atoms with Gasteiger partial charge in [0.2, 0.25) is 0 Å². The van der Waals surface area contributed by atoms with Crippen LogP contribution in [0.5, 0.6) is 0 Å². The summed E-state index contributed by atoms with van der Waals surface area (Å²) in [4.78, 5) is 15.4. The van der Waals surface area contributed by atoms with Crippen molar-refractivity contribution in [2.45, 2.75) is 24.9 Å². The number of aliphatic hydroxyl groups is 1. The van der Waals surface area contributed by atoms with E-state index >= 15 is 0 Å². The summed E-state index contributed by atoms with van der Waals surface area (Å²) in [6.07, 6.45) is 4.34. The van der Waals surface area contributed by atoms with Gasteiger partial charge in [-0.15, -0.1) is 0 Å². The Balaban J connectivity index is 1.98. The molecule has 0 radical (unpaired) electrons. The van der Waals surface area contributed by atoms with Gasteiger partial charge in [0.15, 0.2) is 0 Å². The fourth-order valence-corrected chi connectivity index (χ4v) is 1.82. The molecular formula is C12H17N3O2. The number of amides is 1. The van der Waals surface area contributed by atoms with Crippen LogP contribution in [0.1, 0.15) is 29.8 Å². The van der Waals surface area contributed by atoms with E-state index in [2.05, 4.69) is 15.6 Å². The smallest absolute Gasteiger partial charge is 0.269 e. The molecule has 1 aliphatic carbocycles. The van der Waals surface area contributed by atoms with Crippen LogP contribution in [0, 0.1) is 0 Å². The van der Waals surface area contributed by atoms with E-state index in [1.54, 1.807) is 25.4 Å². The number of hydrogen-bond acceptors (Lipinski definition) is 4. The molecule has 0 saturated heterocycles. The molecule has 1 aromatic rings. The van der Waals surface area contributed by atoms with Crippen LogP contribution in [0.4, 0.5) is 5.69 Å². The topological polar surface area (TPSA) is 74.2 Å². The molecule has 92 valence electrons. The summed E-state index contributed by atoms with van der Waals surface area (Å²) >= 11 is 0. The number of nitrogens with zero attached hydrogens (tertiary/aromatic N) is 1. The molecule has 0 aliphatic heterocycles. The maximum Gasteiger partial charge on any atom is 0.269 e. The third-order valence-electron chi connectivity index (χ3n) is 3.13. The Hall–Kier alpha value is -1.62. The molecule has 2 rings (SSSR count). The third-order valence-corrected chi connectivity index (χ3v) is 3.13. The van der Waals surface area contributed by atoms with Crippen molar-refractivity contribution >= 4 is 11.6 Å². The normalized spacial score (nSPS) is 17.1. The average molecular weight is 235 g/mol. The SMILES string of the molecule is CNC(=O)c1cc(NCC2(O)CCC2)ccn1. The summed E-state index contributed by atoms with van der Waals surface area (Å²) < 4.78 is 0. The molecule has 17 heavy (non-hydrogen) atoms. The van der Waals surface area contributed by atoms with Gasteiger partial charge in [-0.2, -0.15) is 0 Å². The van der Waals surface area contributed by atoms with Crippen LogP contribution in [-0.2, 0) is 0 Å². The van der Waals surface area contributed by atoms with Gasteiger partial charge in [0.25, 0.3) is 5.91 Å². The lowest BCUT2D eigenvalue weighted by Crippen LogP contribution is -2.43. The average Bonchev–Trinajstić information content (AvgIpc) is 2.33. The van der Waals surface area contributed by atoms with E-state index in [1.807, 2.05) is 0 Å². The highest BCUT2D eigenvalue weighted by Gasteiger charge is 2.33. The van der Waals surface area contributed by atoms with Crippen molar-refractivity contribution in [3.05, 3.63) is 24.0 Å². The molecule has 0 unspecified atom stereocenters. The van der Waals surface area contributed by atoms with Gasteiger partial charge in [0.1, 0.15) is 5.69 Å². The number of hydrogen-bond donors (Lipinski definition) is 3. The lowest BCUT2D eigenvalue weighted by molar-refractivity contribution is -0.0201. The van der Waals surface area contributed by atoms with E-state index in [1.165, 1.54) is 0 Å². The van der Waals surface area contributed by atoms with Crippen LogP contribution in [0.3, 0.4) is 0 Å². The van der Waals surface area contributed by atoms with Crippen LogP contribution in [0.2, 0.25) is 0 Å². The van der Waals surface area contributed by atoms with Crippen LogP contribution >= 0.6 is 0 Å². The van der Waals surface area contributed by atoms with E-state index in [0.717, 1.165) is 24.9 Å². The van der Waals surface area contributed by atoms with E-state index in [9.17, 15) is 9.90 Å². The molecule has 0 aromatic carbocycles. The maximum atomic E-state index is 11.4. The zero-order chi connectivity index (χ0) is 12.3. The second kappa shape index (κ2) is 4.71. The highest BCUT2D eigenvalue weighted by Crippen LogP contribution is 2.31. The van der Waals surface area contributed by atoms with E-state index in [0.29, 0.717) is 12.2 Å². The van der Waals surface area contributed by atoms with Crippen LogP contribution in [-0.4, -0.2) is 35.2 Å². The first kappa shape index (κ1) is 11.9. The van der Waals surface area contributed by atoms with Crippen molar-refractivity contribution in [2.24, 2.45) is 0 Å². The number of rotatable bonds is 4. The summed E-state index contributed by atoms with van der Waals surface area (Å²) in [6, 6.07) is 3.47. The highest BCUT2D eigenvalue weighted by atomic mass is 16.3. The van der Waals surface area contributed by atoms with Crippen LogP contribution < -0.4 is 10.6 Å². The fourth-order valence-electron chi connectivity index (χ4n) is 1.82. The Bertz CT molecular complexity index is 416. The molecule has 5 heteroatoms. The lowest BCUT2D eigenvalue weighted by atomic mass is 9.80. The molecule has 5 nitrogen and oxygen atoms in total. The van der Waals surface area contributed by atoms with E-state index in [-0.39, 0.29) is 5.91 Å². The molecule has 1 aromatic heterocycles. The lowest BCUT2D eigenvalue weighted by Gasteiger charge is -2.36. The molecule has 0 bridgehead atoms. The summed E-state index contributed by atoms with van der Waals surface area (Å²) in [5.41, 5.74) is 0.605. The van der Waals surface area contributed by atoms with Crippen molar-refractivity contribution in [2.75, 3.05) is 18.9 Å². The minimum atomic E-state index is -0.573. The van der Waals surface area contributed by atoms with Crippen LogP contribution in [0.25, 0.3) is 0 Å². The molecule has 0 atom stereocenters. The van der Waals surface area contributed by atoms with Crippen molar-refractivity contribution < 1.29 is 9.90 Å². The number of pyridine rings is 1. The van der Waals surface area contributed by atoms with Gasteiger partial charge in [-0.05, 0) is 31.4 Å². The zero-order valence-electron chi connectivity index (χ0n) is 9.86. The Morgan fingerprint density at radius 1 is 1.59 bits per heavy atom. The summed E-state index contributed by atoms with van der Waals surface area (Å²) in [5.74, 6) is -0.212.